The number of thiol groups is 1. The van der Waals surface area contributed by atoms with Crippen molar-refractivity contribution in [2.24, 2.45) is 11.5 Å². The molecule has 0 saturated carbocycles. The zero-order valence-electron chi connectivity index (χ0n) is 18.3. The lowest BCUT2D eigenvalue weighted by molar-refractivity contribution is -0.144. The predicted octanol–water partition coefficient (Wildman–Crippen LogP) is -1.89. The number of hydrogen-bond acceptors (Lipinski definition) is 8. The fourth-order valence-corrected chi connectivity index (χ4v) is 3.88. The highest BCUT2D eigenvalue weighted by molar-refractivity contribution is 7.80. The monoisotopic (exact) mass is 495 g/mol. The lowest BCUT2D eigenvalue weighted by Gasteiger charge is -2.28. The lowest BCUT2D eigenvalue weighted by atomic mass is 10.0. The molecule has 0 spiro atoms. The number of aliphatic carboxylic acids is 1. The normalized spacial score (nSPS) is 17.9. The highest BCUT2D eigenvalue weighted by Crippen LogP contribution is 2.20. The standard InChI is InChI=1S/C21H29N5O7S/c22-13(8-11-3-5-12(27)6-4-11)20(31)26-7-1-2-16(26)19(30)25-15(10-34)18(29)24-14(21(32)33)9-17(23)28/h3-6,13-16,27,34H,1-2,7-10,22H2,(H2,23,28)(H,24,29)(H,25,30)(H,32,33). The van der Waals surface area contributed by atoms with Crippen molar-refractivity contribution >= 4 is 42.2 Å². The van der Waals surface area contributed by atoms with Crippen LogP contribution in [0.25, 0.3) is 0 Å². The molecule has 4 unspecified atom stereocenters. The number of phenolic OH excluding ortho intramolecular Hbond substituents is 1. The van der Waals surface area contributed by atoms with Crippen molar-refractivity contribution in [3.8, 4) is 5.75 Å². The number of rotatable bonds is 11. The van der Waals surface area contributed by atoms with Crippen molar-refractivity contribution in [2.75, 3.05) is 12.3 Å². The van der Waals surface area contributed by atoms with Gasteiger partial charge in [0.15, 0.2) is 0 Å². The van der Waals surface area contributed by atoms with Crippen molar-refractivity contribution < 1.29 is 34.2 Å². The Hall–Kier alpha value is -3.32. The van der Waals surface area contributed by atoms with Gasteiger partial charge in [0, 0.05) is 12.3 Å². The van der Waals surface area contributed by atoms with Crippen LogP contribution in [-0.2, 0) is 30.4 Å². The average molecular weight is 496 g/mol. The topological polar surface area (TPSA) is 205 Å². The van der Waals surface area contributed by atoms with Gasteiger partial charge in [0.25, 0.3) is 0 Å². The Balaban J connectivity index is 2.01. The second-order valence-electron chi connectivity index (χ2n) is 7.98. The Labute approximate surface area is 201 Å². The van der Waals surface area contributed by atoms with Crippen molar-refractivity contribution in [1.29, 1.82) is 0 Å². The maximum atomic E-state index is 12.9. The Morgan fingerprint density at radius 1 is 1.12 bits per heavy atom. The van der Waals surface area contributed by atoms with Gasteiger partial charge in [-0.1, -0.05) is 12.1 Å². The summed E-state index contributed by atoms with van der Waals surface area (Å²) in [7, 11) is 0. The summed E-state index contributed by atoms with van der Waals surface area (Å²) < 4.78 is 0. The first-order valence-corrected chi connectivity index (χ1v) is 11.2. The Bertz CT molecular complexity index is 927. The molecule has 4 atom stereocenters. The SMILES string of the molecule is NC(=O)CC(NC(=O)C(CS)NC(=O)C1CCCN1C(=O)C(N)Cc1ccc(O)cc1)C(=O)O. The van der Waals surface area contributed by atoms with E-state index in [0.717, 1.165) is 5.56 Å². The zero-order valence-corrected chi connectivity index (χ0v) is 19.2. The number of primary amides is 1. The molecule has 34 heavy (non-hydrogen) atoms. The van der Waals surface area contributed by atoms with Crippen LogP contribution in [-0.4, -0.2) is 81.2 Å². The van der Waals surface area contributed by atoms with E-state index in [1.165, 1.54) is 17.0 Å². The van der Waals surface area contributed by atoms with Crippen LogP contribution in [0.15, 0.2) is 24.3 Å². The Morgan fingerprint density at radius 3 is 2.32 bits per heavy atom. The molecule has 1 aliphatic heterocycles. The van der Waals surface area contributed by atoms with E-state index in [-0.39, 0.29) is 17.9 Å². The van der Waals surface area contributed by atoms with Crippen LogP contribution in [0.3, 0.4) is 0 Å². The number of phenols is 1. The number of amides is 4. The molecule has 0 aliphatic carbocycles. The van der Waals surface area contributed by atoms with Gasteiger partial charge in [-0.3, -0.25) is 19.2 Å². The summed E-state index contributed by atoms with van der Waals surface area (Å²) in [5, 5.41) is 23.2. The van der Waals surface area contributed by atoms with Gasteiger partial charge in [0.2, 0.25) is 23.6 Å². The van der Waals surface area contributed by atoms with E-state index >= 15 is 0 Å². The van der Waals surface area contributed by atoms with Gasteiger partial charge >= 0.3 is 5.97 Å². The van der Waals surface area contributed by atoms with Gasteiger partial charge < -0.3 is 37.2 Å². The Morgan fingerprint density at radius 2 is 1.76 bits per heavy atom. The van der Waals surface area contributed by atoms with Crippen LogP contribution in [0.1, 0.15) is 24.8 Å². The average Bonchev–Trinajstić information content (AvgIpc) is 3.27. The lowest BCUT2D eigenvalue weighted by Crippen LogP contribution is -2.57. The minimum Gasteiger partial charge on any atom is -0.508 e. The van der Waals surface area contributed by atoms with Crippen LogP contribution in [0.2, 0.25) is 0 Å². The second kappa shape index (κ2) is 12.2. The van der Waals surface area contributed by atoms with E-state index in [4.69, 9.17) is 16.6 Å². The van der Waals surface area contributed by atoms with Gasteiger partial charge in [0.05, 0.1) is 12.5 Å². The first-order valence-electron chi connectivity index (χ1n) is 10.6. The fraction of sp³-hybridized carbons (Fsp3) is 0.476. The predicted molar refractivity (Wildman–Crippen MR) is 124 cm³/mol. The summed E-state index contributed by atoms with van der Waals surface area (Å²) in [4.78, 5) is 61.9. The number of aromatic hydroxyl groups is 1. The van der Waals surface area contributed by atoms with E-state index < -0.39 is 60.2 Å². The van der Waals surface area contributed by atoms with Crippen LogP contribution in [0.4, 0.5) is 0 Å². The minimum atomic E-state index is -1.55. The van der Waals surface area contributed by atoms with Gasteiger partial charge in [-0.15, -0.1) is 0 Å². The molecule has 186 valence electrons. The molecule has 1 aromatic carbocycles. The number of carboxylic acid groups (broad SMARTS) is 1. The maximum absolute atomic E-state index is 12.9. The highest BCUT2D eigenvalue weighted by Gasteiger charge is 2.37. The molecular formula is C21H29N5O7S. The third-order valence-electron chi connectivity index (χ3n) is 5.38. The molecule has 0 aromatic heterocycles. The number of nitrogens with one attached hydrogen (secondary N) is 2. The van der Waals surface area contributed by atoms with E-state index in [0.29, 0.717) is 19.4 Å². The van der Waals surface area contributed by atoms with E-state index in [2.05, 4.69) is 23.3 Å². The molecule has 1 heterocycles. The number of nitrogens with zero attached hydrogens (tertiary/aromatic N) is 1. The molecule has 12 nitrogen and oxygen atoms in total. The summed E-state index contributed by atoms with van der Waals surface area (Å²) in [5.41, 5.74) is 11.8. The van der Waals surface area contributed by atoms with Gasteiger partial charge in [-0.2, -0.15) is 12.6 Å². The summed E-state index contributed by atoms with van der Waals surface area (Å²) in [6.07, 6.45) is 0.525. The van der Waals surface area contributed by atoms with E-state index in [9.17, 15) is 29.1 Å². The first kappa shape index (κ1) is 26.9. The highest BCUT2D eigenvalue weighted by atomic mass is 32.1. The number of likely N-dealkylation sites (tertiary alicyclic amines) is 1. The van der Waals surface area contributed by atoms with Crippen LogP contribution >= 0.6 is 12.6 Å². The zero-order chi connectivity index (χ0) is 25.4. The molecule has 1 saturated heterocycles. The summed E-state index contributed by atoms with van der Waals surface area (Å²) in [6.45, 7) is 0.317. The van der Waals surface area contributed by atoms with E-state index in [1.54, 1.807) is 12.1 Å². The van der Waals surface area contributed by atoms with E-state index in [1.807, 2.05) is 0 Å². The molecule has 8 N–H and O–H groups in total. The van der Waals surface area contributed by atoms with Crippen molar-refractivity contribution in [3.05, 3.63) is 29.8 Å². The van der Waals surface area contributed by atoms with Crippen molar-refractivity contribution in [1.82, 2.24) is 15.5 Å². The smallest absolute Gasteiger partial charge is 0.326 e. The quantitative estimate of drug-likeness (QED) is 0.172. The number of nitrogens with two attached hydrogens (primary N) is 2. The number of carbonyl (C=O) groups is 5. The molecule has 13 heteroatoms. The molecule has 2 rings (SSSR count). The third-order valence-corrected chi connectivity index (χ3v) is 5.75. The van der Waals surface area contributed by atoms with Crippen LogP contribution < -0.4 is 22.1 Å². The second-order valence-corrected chi connectivity index (χ2v) is 8.35. The molecular weight excluding hydrogens is 466 g/mol. The number of carboxylic acids is 1. The Kier molecular flexibility index (Phi) is 9.69. The van der Waals surface area contributed by atoms with Gasteiger partial charge in [-0.25, -0.2) is 4.79 Å². The molecule has 0 radical (unpaired) electrons. The molecule has 1 aliphatic rings. The summed E-state index contributed by atoms with van der Waals surface area (Å²) >= 11 is 4.04. The summed E-state index contributed by atoms with van der Waals surface area (Å²) in [6, 6.07) is 1.76. The summed E-state index contributed by atoms with van der Waals surface area (Å²) in [5.74, 6) is -4.30. The van der Waals surface area contributed by atoms with Crippen molar-refractivity contribution in [3.63, 3.8) is 0 Å². The minimum absolute atomic E-state index is 0.0898. The number of carbonyl (C=O) groups excluding carboxylic acids is 4. The van der Waals surface area contributed by atoms with Gasteiger partial charge in [-0.05, 0) is 37.0 Å². The molecule has 0 bridgehead atoms. The largest absolute Gasteiger partial charge is 0.508 e. The molecule has 1 aromatic rings. The molecule has 4 amide bonds. The first-order chi connectivity index (χ1) is 16.0. The number of hydrogen-bond donors (Lipinski definition) is 7. The fourth-order valence-electron chi connectivity index (χ4n) is 3.62. The van der Waals surface area contributed by atoms with Crippen molar-refractivity contribution in [2.45, 2.75) is 49.9 Å². The third kappa shape index (κ3) is 7.35. The van der Waals surface area contributed by atoms with Crippen LogP contribution in [0.5, 0.6) is 5.75 Å². The molecule has 1 fully saturated rings. The van der Waals surface area contributed by atoms with Crippen LogP contribution in [0, 0.1) is 0 Å². The number of benzene rings is 1. The maximum Gasteiger partial charge on any atom is 0.326 e. The van der Waals surface area contributed by atoms with Gasteiger partial charge in [0.1, 0.15) is 23.9 Å².